The van der Waals surface area contributed by atoms with Crippen molar-refractivity contribution in [2.24, 2.45) is 5.92 Å². The molecule has 1 fully saturated rings. The lowest BCUT2D eigenvalue weighted by molar-refractivity contribution is 0.269. The van der Waals surface area contributed by atoms with Gasteiger partial charge in [-0.15, -0.1) is 0 Å². The molecule has 1 N–H and O–H groups in total. The fourth-order valence-corrected chi connectivity index (χ4v) is 5.73. The third-order valence-corrected chi connectivity index (χ3v) is 7.86. The lowest BCUT2D eigenvalue weighted by Crippen LogP contribution is -2.39. The zero-order valence-corrected chi connectivity index (χ0v) is 18.7. The highest BCUT2D eigenvalue weighted by molar-refractivity contribution is 7.88. The van der Waals surface area contributed by atoms with Crippen LogP contribution in [0.1, 0.15) is 35.4 Å². The minimum absolute atomic E-state index is 0.0319. The highest BCUT2D eigenvalue weighted by Crippen LogP contribution is 2.25. The van der Waals surface area contributed by atoms with E-state index in [0.29, 0.717) is 25.3 Å². The Morgan fingerprint density at radius 1 is 1.03 bits per heavy atom. The van der Waals surface area contributed by atoms with Crippen LogP contribution in [0.4, 0.5) is 0 Å². The van der Waals surface area contributed by atoms with Crippen molar-refractivity contribution in [3.05, 3.63) is 81.5 Å². The van der Waals surface area contributed by atoms with Crippen LogP contribution in [0, 0.1) is 19.8 Å². The quantitative estimate of drug-likeness (QED) is 0.638. The van der Waals surface area contributed by atoms with Gasteiger partial charge in [0.2, 0.25) is 10.0 Å². The summed E-state index contributed by atoms with van der Waals surface area (Å²) >= 11 is 0. The second kappa shape index (κ2) is 8.80. The minimum atomic E-state index is -3.34. The SMILES string of the molecule is Cc1ccc(CS(=O)(=O)N2CCC(Cc3n[nH]c(=O)n3-c3ccccc3C)CC2)cc1. The summed E-state index contributed by atoms with van der Waals surface area (Å²) in [5.41, 5.74) is 3.51. The van der Waals surface area contributed by atoms with Gasteiger partial charge in [0.15, 0.2) is 0 Å². The fraction of sp³-hybridized carbons (Fsp3) is 0.391. The number of H-pyrrole nitrogens is 1. The van der Waals surface area contributed by atoms with E-state index in [9.17, 15) is 13.2 Å². The first-order chi connectivity index (χ1) is 14.8. The zero-order chi connectivity index (χ0) is 22.0. The standard InChI is InChI=1S/C23H28N4O3S/c1-17-7-9-20(10-8-17)16-31(29,30)26-13-11-19(12-14-26)15-22-24-25-23(28)27(22)21-6-4-3-5-18(21)2/h3-10,19H,11-16H2,1-2H3,(H,25,28). The molecular formula is C23H28N4O3S. The van der Waals surface area contributed by atoms with Crippen molar-refractivity contribution < 1.29 is 8.42 Å². The molecule has 3 aromatic rings. The van der Waals surface area contributed by atoms with E-state index in [2.05, 4.69) is 10.2 Å². The summed E-state index contributed by atoms with van der Waals surface area (Å²) in [6.07, 6.45) is 2.14. The van der Waals surface area contributed by atoms with Gasteiger partial charge in [-0.25, -0.2) is 27.2 Å². The number of nitrogens with zero attached hydrogens (tertiary/aromatic N) is 3. The van der Waals surface area contributed by atoms with Gasteiger partial charge in [-0.2, -0.15) is 5.10 Å². The van der Waals surface area contributed by atoms with Gasteiger partial charge in [0.25, 0.3) is 0 Å². The van der Waals surface area contributed by atoms with Crippen LogP contribution in [0.2, 0.25) is 0 Å². The van der Waals surface area contributed by atoms with Gasteiger partial charge in [0, 0.05) is 19.5 Å². The second-order valence-corrected chi connectivity index (χ2v) is 10.3. The predicted molar refractivity (Wildman–Crippen MR) is 121 cm³/mol. The topological polar surface area (TPSA) is 88.1 Å². The predicted octanol–water partition coefficient (Wildman–Crippen LogP) is 2.96. The van der Waals surface area contributed by atoms with Crippen molar-refractivity contribution >= 4 is 10.0 Å². The number of aromatic amines is 1. The van der Waals surface area contributed by atoms with E-state index >= 15 is 0 Å². The number of aryl methyl sites for hydroxylation is 2. The summed E-state index contributed by atoms with van der Waals surface area (Å²) in [6, 6.07) is 15.4. The molecule has 1 aliphatic heterocycles. The van der Waals surface area contributed by atoms with Crippen LogP contribution >= 0.6 is 0 Å². The Bertz CT molecular complexity index is 1200. The molecule has 0 spiro atoms. The van der Waals surface area contributed by atoms with Crippen LogP contribution in [-0.4, -0.2) is 40.6 Å². The maximum atomic E-state index is 12.8. The zero-order valence-electron chi connectivity index (χ0n) is 17.9. The van der Waals surface area contributed by atoms with Crippen molar-refractivity contribution in [1.82, 2.24) is 19.1 Å². The van der Waals surface area contributed by atoms with Gasteiger partial charge in [0.05, 0.1) is 11.4 Å². The second-order valence-electron chi connectivity index (χ2n) is 8.36. The first-order valence-electron chi connectivity index (χ1n) is 10.6. The summed E-state index contributed by atoms with van der Waals surface area (Å²) in [6.45, 7) is 4.95. The average Bonchev–Trinajstić information content (AvgIpc) is 3.10. The summed E-state index contributed by atoms with van der Waals surface area (Å²) < 4.78 is 28.9. The van der Waals surface area contributed by atoms with E-state index in [1.807, 2.05) is 62.4 Å². The van der Waals surface area contributed by atoms with E-state index < -0.39 is 10.0 Å². The molecule has 4 rings (SSSR count). The van der Waals surface area contributed by atoms with Crippen LogP contribution in [0.3, 0.4) is 0 Å². The maximum absolute atomic E-state index is 12.8. The van der Waals surface area contributed by atoms with E-state index in [1.54, 1.807) is 8.87 Å². The van der Waals surface area contributed by atoms with Crippen LogP contribution < -0.4 is 5.69 Å². The van der Waals surface area contributed by atoms with Crippen LogP contribution in [0.25, 0.3) is 5.69 Å². The molecule has 0 bridgehead atoms. The molecule has 0 amide bonds. The summed E-state index contributed by atoms with van der Waals surface area (Å²) in [5.74, 6) is 1.01. The first-order valence-corrected chi connectivity index (χ1v) is 12.2. The molecule has 8 heteroatoms. The van der Waals surface area contributed by atoms with Gasteiger partial charge < -0.3 is 0 Å². The number of aromatic nitrogens is 3. The van der Waals surface area contributed by atoms with Crippen molar-refractivity contribution in [3.8, 4) is 5.69 Å². The highest BCUT2D eigenvalue weighted by atomic mass is 32.2. The van der Waals surface area contributed by atoms with Crippen molar-refractivity contribution in [1.29, 1.82) is 0 Å². The van der Waals surface area contributed by atoms with Crippen molar-refractivity contribution in [2.75, 3.05) is 13.1 Å². The highest BCUT2D eigenvalue weighted by Gasteiger charge is 2.29. The van der Waals surface area contributed by atoms with Gasteiger partial charge >= 0.3 is 5.69 Å². The van der Waals surface area contributed by atoms with Crippen LogP contribution in [-0.2, 0) is 22.2 Å². The average molecular weight is 441 g/mol. The summed E-state index contributed by atoms with van der Waals surface area (Å²) in [5, 5.41) is 6.82. The normalized spacial score (nSPS) is 15.9. The maximum Gasteiger partial charge on any atom is 0.347 e. The molecule has 1 aromatic heterocycles. The summed E-state index contributed by atoms with van der Waals surface area (Å²) in [7, 11) is -3.34. The Morgan fingerprint density at radius 3 is 2.39 bits per heavy atom. The Hall–Kier alpha value is -2.71. The molecule has 0 atom stereocenters. The number of nitrogens with one attached hydrogen (secondary N) is 1. The molecule has 2 aromatic carbocycles. The third kappa shape index (κ3) is 4.80. The van der Waals surface area contributed by atoms with E-state index in [0.717, 1.165) is 35.2 Å². The molecule has 31 heavy (non-hydrogen) atoms. The third-order valence-electron chi connectivity index (χ3n) is 6.01. The number of para-hydroxylation sites is 1. The molecule has 0 aliphatic carbocycles. The van der Waals surface area contributed by atoms with E-state index in [-0.39, 0.29) is 17.4 Å². The monoisotopic (exact) mass is 440 g/mol. The van der Waals surface area contributed by atoms with Crippen LogP contribution in [0.5, 0.6) is 0 Å². The molecule has 0 unspecified atom stereocenters. The molecule has 164 valence electrons. The lowest BCUT2D eigenvalue weighted by Gasteiger charge is -2.31. The smallest absolute Gasteiger partial charge is 0.247 e. The first kappa shape index (κ1) is 21.5. The van der Waals surface area contributed by atoms with Crippen molar-refractivity contribution in [2.45, 2.75) is 38.9 Å². The number of benzene rings is 2. The minimum Gasteiger partial charge on any atom is -0.247 e. The Morgan fingerprint density at radius 2 is 1.71 bits per heavy atom. The molecular weight excluding hydrogens is 412 g/mol. The number of piperidine rings is 1. The molecule has 1 aliphatic rings. The Balaban J connectivity index is 1.42. The Kier molecular flexibility index (Phi) is 6.11. The van der Waals surface area contributed by atoms with Crippen molar-refractivity contribution in [3.63, 3.8) is 0 Å². The van der Waals surface area contributed by atoms with E-state index in [1.165, 1.54) is 0 Å². The van der Waals surface area contributed by atoms with Gasteiger partial charge in [-0.05, 0) is 49.8 Å². The summed E-state index contributed by atoms with van der Waals surface area (Å²) in [4.78, 5) is 12.4. The number of rotatable bonds is 6. The number of sulfonamides is 1. The lowest BCUT2D eigenvalue weighted by atomic mass is 9.94. The van der Waals surface area contributed by atoms with Gasteiger partial charge in [-0.1, -0.05) is 48.0 Å². The Labute approximate surface area is 182 Å². The fourth-order valence-electron chi connectivity index (χ4n) is 4.17. The molecule has 0 saturated carbocycles. The molecule has 2 heterocycles. The number of hydrogen-bond acceptors (Lipinski definition) is 4. The molecule has 1 saturated heterocycles. The van der Waals surface area contributed by atoms with E-state index in [4.69, 9.17) is 0 Å². The van der Waals surface area contributed by atoms with Gasteiger partial charge in [0.1, 0.15) is 5.82 Å². The van der Waals surface area contributed by atoms with Crippen LogP contribution in [0.15, 0.2) is 53.3 Å². The van der Waals surface area contributed by atoms with Gasteiger partial charge in [-0.3, -0.25) is 0 Å². The number of hydrogen-bond donors (Lipinski definition) is 1. The molecule has 0 radical (unpaired) electrons. The largest absolute Gasteiger partial charge is 0.347 e. The molecule has 7 nitrogen and oxygen atoms in total.